The van der Waals surface area contributed by atoms with Gasteiger partial charge in [-0.15, -0.1) is 0 Å². The maximum Gasteiger partial charge on any atom is 0.0280 e. The van der Waals surface area contributed by atoms with Gasteiger partial charge in [0, 0.05) is 6.04 Å². The zero-order valence-electron chi connectivity index (χ0n) is 10.4. The molecule has 0 saturated heterocycles. The van der Waals surface area contributed by atoms with Crippen LogP contribution >= 0.6 is 0 Å². The molecule has 2 aliphatic rings. The van der Waals surface area contributed by atoms with Crippen molar-refractivity contribution in [3.8, 4) is 0 Å². The Morgan fingerprint density at radius 3 is 2.47 bits per heavy atom. The summed E-state index contributed by atoms with van der Waals surface area (Å²) in [7, 11) is 0. The summed E-state index contributed by atoms with van der Waals surface area (Å²) < 4.78 is 0. The molecule has 2 rings (SSSR count). The third-order valence-electron chi connectivity index (χ3n) is 3.93. The van der Waals surface area contributed by atoms with Crippen LogP contribution in [0.25, 0.3) is 0 Å². The van der Waals surface area contributed by atoms with E-state index in [1.165, 1.54) is 37.8 Å². The molecule has 3 atom stereocenters. The van der Waals surface area contributed by atoms with E-state index >= 15 is 0 Å². The second kappa shape index (κ2) is 4.69. The first-order valence-corrected chi connectivity index (χ1v) is 6.59. The van der Waals surface area contributed by atoms with Gasteiger partial charge >= 0.3 is 0 Å². The second-order valence-corrected chi connectivity index (χ2v) is 5.71. The van der Waals surface area contributed by atoms with Crippen molar-refractivity contribution in [1.29, 1.82) is 0 Å². The molecule has 1 heteroatoms. The lowest BCUT2D eigenvalue weighted by atomic mass is 9.93. The summed E-state index contributed by atoms with van der Waals surface area (Å²) in [5.41, 5.74) is 1.46. The van der Waals surface area contributed by atoms with Gasteiger partial charge in [0.2, 0.25) is 0 Å². The molecule has 0 aromatic rings. The van der Waals surface area contributed by atoms with Gasteiger partial charge < -0.3 is 5.32 Å². The maximum atomic E-state index is 3.71. The van der Waals surface area contributed by atoms with E-state index in [-0.39, 0.29) is 0 Å². The molecule has 0 radical (unpaired) electrons. The summed E-state index contributed by atoms with van der Waals surface area (Å²) in [6.45, 7) is 7.85. The average Bonchev–Trinajstić information content (AvgIpc) is 2.80. The van der Waals surface area contributed by atoms with Crippen LogP contribution in [-0.4, -0.2) is 12.6 Å². The van der Waals surface area contributed by atoms with Gasteiger partial charge in [0.1, 0.15) is 0 Å². The Kier molecular flexibility index (Phi) is 3.50. The minimum Gasteiger partial charge on any atom is -0.310 e. The molecule has 0 aromatic carbocycles. The molecule has 0 aromatic heterocycles. The van der Waals surface area contributed by atoms with E-state index in [0.29, 0.717) is 6.04 Å². The van der Waals surface area contributed by atoms with Gasteiger partial charge in [-0.25, -0.2) is 0 Å². The Morgan fingerprint density at radius 2 is 1.93 bits per heavy atom. The van der Waals surface area contributed by atoms with E-state index in [4.69, 9.17) is 0 Å². The molecular formula is C14H25N. The number of fused-ring (bicyclic) bond motifs is 1. The quantitative estimate of drug-likeness (QED) is 0.682. The zero-order chi connectivity index (χ0) is 10.8. The van der Waals surface area contributed by atoms with E-state index in [2.05, 4.69) is 32.2 Å². The first-order chi connectivity index (χ1) is 7.20. The molecular weight excluding hydrogens is 182 g/mol. The van der Waals surface area contributed by atoms with Crippen molar-refractivity contribution < 1.29 is 0 Å². The van der Waals surface area contributed by atoms with Crippen molar-refractivity contribution in [3.63, 3.8) is 0 Å². The van der Waals surface area contributed by atoms with Crippen molar-refractivity contribution >= 4 is 0 Å². The molecule has 0 aliphatic heterocycles. The maximum absolute atomic E-state index is 3.71. The van der Waals surface area contributed by atoms with Crippen LogP contribution in [-0.2, 0) is 0 Å². The molecule has 0 amide bonds. The number of hydrogen-bond donors (Lipinski definition) is 1. The van der Waals surface area contributed by atoms with Crippen LogP contribution in [0, 0.1) is 17.8 Å². The predicted octanol–water partition coefficient (Wildman–Crippen LogP) is 3.37. The van der Waals surface area contributed by atoms with Crippen molar-refractivity contribution in [3.05, 3.63) is 11.6 Å². The monoisotopic (exact) mass is 207 g/mol. The fourth-order valence-electron chi connectivity index (χ4n) is 3.09. The third-order valence-corrected chi connectivity index (χ3v) is 3.93. The van der Waals surface area contributed by atoms with Gasteiger partial charge in [-0.2, -0.15) is 0 Å². The number of rotatable bonds is 5. The molecule has 1 nitrogen and oxygen atoms in total. The highest BCUT2D eigenvalue weighted by molar-refractivity contribution is 5.08. The van der Waals surface area contributed by atoms with E-state index in [9.17, 15) is 0 Å². The first-order valence-electron chi connectivity index (χ1n) is 6.59. The molecule has 1 N–H and O–H groups in total. The summed E-state index contributed by atoms with van der Waals surface area (Å²) in [4.78, 5) is 0. The fraction of sp³-hybridized carbons (Fsp3) is 0.857. The Hall–Kier alpha value is -0.300. The van der Waals surface area contributed by atoms with Crippen molar-refractivity contribution in [2.45, 2.75) is 52.5 Å². The summed E-state index contributed by atoms with van der Waals surface area (Å²) in [5.74, 6) is 3.13. The van der Waals surface area contributed by atoms with Crippen molar-refractivity contribution in [2.24, 2.45) is 17.8 Å². The Labute approximate surface area is 94.3 Å². The highest BCUT2D eigenvalue weighted by Crippen LogP contribution is 2.55. The topological polar surface area (TPSA) is 12.0 Å². The van der Waals surface area contributed by atoms with Gasteiger partial charge in [0.15, 0.2) is 0 Å². The molecule has 86 valence electrons. The van der Waals surface area contributed by atoms with Crippen LogP contribution < -0.4 is 5.32 Å². The summed E-state index contributed by atoms with van der Waals surface area (Å²) in [6, 6.07) is 0.655. The average molecular weight is 207 g/mol. The lowest BCUT2D eigenvalue weighted by Gasteiger charge is -2.23. The van der Waals surface area contributed by atoms with Gasteiger partial charge in [0.05, 0.1) is 0 Å². The third kappa shape index (κ3) is 2.84. The van der Waals surface area contributed by atoms with Crippen LogP contribution in [0.4, 0.5) is 0 Å². The highest BCUT2D eigenvalue weighted by Gasteiger charge is 2.47. The standard InChI is InChI=1S/C14H25N/c1-4-5-15-14(6-10(2)3)13-8-11-7-12(11)9-13/h6,11-15H,4-5,7-9H2,1-3H3. The number of hydrogen-bond acceptors (Lipinski definition) is 1. The molecule has 15 heavy (non-hydrogen) atoms. The van der Waals surface area contributed by atoms with E-state index in [1.807, 2.05) is 0 Å². The normalized spacial score (nSPS) is 34.7. The van der Waals surface area contributed by atoms with Crippen LogP contribution in [0.15, 0.2) is 11.6 Å². The molecule has 0 spiro atoms. The van der Waals surface area contributed by atoms with Crippen LogP contribution in [0.5, 0.6) is 0 Å². The fourth-order valence-corrected chi connectivity index (χ4v) is 3.09. The van der Waals surface area contributed by atoms with E-state index < -0.39 is 0 Å². The molecule has 2 saturated carbocycles. The summed E-state index contributed by atoms with van der Waals surface area (Å²) in [6.07, 6.45) is 8.19. The highest BCUT2D eigenvalue weighted by atomic mass is 14.9. The van der Waals surface area contributed by atoms with Gasteiger partial charge in [-0.05, 0) is 63.8 Å². The van der Waals surface area contributed by atoms with Crippen molar-refractivity contribution in [1.82, 2.24) is 5.32 Å². The second-order valence-electron chi connectivity index (χ2n) is 5.71. The molecule has 2 aliphatic carbocycles. The number of nitrogens with one attached hydrogen (secondary N) is 1. The van der Waals surface area contributed by atoms with Crippen LogP contribution in [0.1, 0.15) is 46.5 Å². The molecule has 0 heterocycles. The Balaban J connectivity index is 1.89. The van der Waals surface area contributed by atoms with Gasteiger partial charge in [-0.1, -0.05) is 18.6 Å². The van der Waals surface area contributed by atoms with E-state index in [0.717, 1.165) is 17.8 Å². The minimum absolute atomic E-state index is 0.655. The smallest absolute Gasteiger partial charge is 0.0280 e. The molecule has 0 bridgehead atoms. The Bertz CT molecular complexity index is 230. The van der Waals surface area contributed by atoms with Gasteiger partial charge in [-0.3, -0.25) is 0 Å². The largest absolute Gasteiger partial charge is 0.310 e. The first kappa shape index (κ1) is 11.2. The predicted molar refractivity (Wildman–Crippen MR) is 65.8 cm³/mol. The zero-order valence-corrected chi connectivity index (χ0v) is 10.4. The SMILES string of the molecule is CCCNC(C=C(C)C)C1CC2CC2C1. The summed E-state index contributed by atoms with van der Waals surface area (Å²) in [5, 5.41) is 3.71. The molecule has 2 fully saturated rings. The number of allylic oxidation sites excluding steroid dienone is 1. The van der Waals surface area contributed by atoms with Crippen LogP contribution in [0.3, 0.4) is 0 Å². The van der Waals surface area contributed by atoms with E-state index in [1.54, 1.807) is 0 Å². The lowest BCUT2D eigenvalue weighted by molar-refractivity contribution is 0.382. The summed E-state index contributed by atoms with van der Waals surface area (Å²) >= 11 is 0. The van der Waals surface area contributed by atoms with Crippen molar-refractivity contribution in [2.75, 3.05) is 6.54 Å². The molecule has 3 unspecified atom stereocenters. The van der Waals surface area contributed by atoms with Gasteiger partial charge in [0.25, 0.3) is 0 Å². The lowest BCUT2D eigenvalue weighted by Crippen LogP contribution is -2.34. The van der Waals surface area contributed by atoms with Crippen LogP contribution in [0.2, 0.25) is 0 Å². The Morgan fingerprint density at radius 1 is 1.27 bits per heavy atom. The minimum atomic E-state index is 0.655.